The minimum absolute atomic E-state index is 0.157. The number of carboxylic acid groups (broad SMARTS) is 1. The molecule has 0 amide bonds. The highest BCUT2D eigenvalue weighted by Gasteiger charge is 2.03. The molecule has 0 bridgehead atoms. The maximum absolute atomic E-state index is 10.7. The Morgan fingerprint density at radius 3 is 1.44 bits per heavy atom. The molecule has 0 spiro atoms. The van der Waals surface area contributed by atoms with Crippen LogP contribution in [0, 0.1) is 18.8 Å². The van der Waals surface area contributed by atoms with Crippen LogP contribution >= 0.6 is 0 Å². The number of aryl methyl sites for hydroxylation is 2. The predicted octanol–water partition coefficient (Wildman–Crippen LogP) is 6.75. The van der Waals surface area contributed by atoms with Crippen LogP contribution in [0.5, 0.6) is 0 Å². The molecule has 156 valence electrons. The lowest BCUT2D eigenvalue weighted by molar-refractivity contribution is -0.136. The second kappa shape index (κ2) is 9.81. The molecule has 4 aromatic carbocycles. The fourth-order valence-electron chi connectivity index (χ4n) is 3.50. The monoisotopic (exact) mass is 416 g/mol. The van der Waals surface area contributed by atoms with Gasteiger partial charge in [0.15, 0.2) is 0 Å². The Morgan fingerprint density at radius 2 is 1.00 bits per heavy atom. The average molecular weight is 417 g/mol. The first kappa shape index (κ1) is 21.2. The lowest BCUT2D eigenvalue weighted by atomic mass is 9.98. The Morgan fingerprint density at radius 1 is 0.625 bits per heavy atom. The maximum atomic E-state index is 10.7. The second-order valence-electron chi connectivity index (χ2n) is 7.86. The van der Waals surface area contributed by atoms with Crippen LogP contribution in [0.15, 0.2) is 97.1 Å². The van der Waals surface area contributed by atoms with E-state index in [9.17, 15) is 4.79 Å². The number of carboxylic acids is 1. The van der Waals surface area contributed by atoms with Gasteiger partial charge in [0.2, 0.25) is 0 Å². The largest absolute Gasteiger partial charge is 0.481 e. The molecular formula is C30H24O2. The summed E-state index contributed by atoms with van der Waals surface area (Å²) in [4.78, 5) is 10.7. The van der Waals surface area contributed by atoms with Crippen molar-refractivity contribution in [2.75, 3.05) is 0 Å². The molecule has 0 aliphatic heterocycles. The van der Waals surface area contributed by atoms with Gasteiger partial charge < -0.3 is 5.11 Å². The van der Waals surface area contributed by atoms with E-state index in [1.54, 1.807) is 0 Å². The molecule has 0 heterocycles. The molecule has 0 aromatic heterocycles. The number of carbonyl (C=O) groups is 1. The number of rotatable bonds is 5. The zero-order valence-electron chi connectivity index (χ0n) is 18.0. The van der Waals surface area contributed by atoms with E-state index in [4.69, 9.17) is 5.11 Å². The first-order valence-electron chi connectivity index (χ1n) is 10.7. The van der Waals surface area contributed by atoms with Crippen molar-refractivity contribution in [2.24, 2.45) is 0 Å². The predicted molar refractivity (Wildman–Crippen MR) is 130 cm³/mol. The molecule has 2 heteroatoms. The third-order valence-electron chi connectivity index (χ3n) is 5.42. The van der Waals surface area contributed by atoms with E-state index < -0.39 is 5.97 Å². The Balaban J connectivity index is 1.44. The van der Waals surface area contributed by atoms with E-state index >= 15 is 0 Å². The normalized spacial score (nSPS) is 10.3. The highest BCUT2D eigenvalue weighted by Crippen LogP contribution is 2.25. The van der Waals surface area contributed by atoms with E-state index in [1.165, 1.54) is 5.56 Å². The zero-order chi connectivity index (χ0) is 22.3. The average Bonchev–Trinajstić information content (AvgIpc) is 2.83. The summed E-state index contributed by atoms with van der Waals surface area (Å²) >= 11 is 0. The van der Waals surface area contributed by atoms with Crippen molar-refractivity contribution in [2.45, 2.75) is 19.8 Å². The molecule has 0 atom stereocenters. The SMILES string of the molecule is Cc1ccc(C#Cc2ccc(-c3ccc(-c4ccc(CCC(=O)O)cc4)cc3)cc2)cc1. The van der Waals surface area contributed by atoms with Gasteiger partial charge in [-0.2, -0.15) is 0 Å². The summed E-state index contributed by atoms with van der Waals surface area (Å²) in [6.45, 7) is 2.07. The van der Waals surface area contributed by atoms with Crippen molar-refractivity contribution in [1.29, 1.82) is 0 Å². The Bertz CT molecular complexity index is 1250. The van der Waals surface area contributed by atoms with Gasteiger partial charge in [-0.3, -0.25) is 4.79 Å². The summed E-state index contributed by atoms with van der Waals surface area (Å²) in [6, 6.07) is 33.1. The van der Waals surface area contributed by atoms with Gasteiger partial charge >= 0.3 is 5.97 Å². The smallest absolute Gasteiger partial charge is 0.303 e. The zero-order valence-corrected chi connectivity index (χ0v) is 18.0. The summed E-state index contributed by atoms with van der Waals surface area (Å²) in [5, 5.41) is 8.82. The van der Waals surface area contributed by atoms with Crippen molar-refractivity contribution in [3.8, 4) is 34.1 Å². The molecule has 0 radical (unpaired) electrons. The summed E-state index contributed by atoms with van der Waals surface area (Å²) in [5.41, 5.74) is 8.86. The van der Waals surface area contributed by atoms with Crippen LogP contribution in [0.25, 0.3) is 22.3 Å². The van der Waals surface area contributed by atoms with Gasteiger partial charge in [0.05, 0.1) is 0 Å². The second-order valence-corrected chi connectivity index (χ2v) is 7.86. The van der Waals surface area contributed by atoms with E-state index in [-0.39, 0.29) is 6.42 Å². The summed E-state index contributed by atoms with van der Waals surface area (Å²) in [7, 11) is 0. The molecule has 0 saturated carbocycles. The lowest BCUT2D eigenvalue weighted by Crippen LogP contribution is -1.97. The van der Waals surface area contributed by atoms with Gasteiger partial charge in [0.25, 0.3) is 0 Å². The van der Waals surface area contributed by atoms with Crippen molar-refractivity contribution >= 4 is 5.97 Å². The van der Waals surface area contributed by atoms with Crippen LogP contribution in [0.4, 0.5) is 0 Å². The van der Waals surface area contributed by atoms with E-state index in [0.717, 1.165) is 38.9 Å². The van der Waals surface area contributed by atoms with Crippen molar-refractivity contribution in [1.82, 2.24) is 0 Å². The molecule has 0 saturated heterocycles. The Hall–Kier alpha value is -4.09. The highest BCUT2D eigenvalue weighted by molar-refractivity contribution is 5.71. The molecule has 32 heavy (non-hydrogen) atoms. The summed E-state index contributed by atoms with van der Waals surface area (Å²) < 4.78 is 0. The first-order chi connectivity index (χ1) is 15.6. The van der Waals surface area contributed by atoms with Gasteiger partial charge in [-0.1, -0.05) is 90.2 Å². The minimum Gasteiger partial charge on any atom is -0.481 e. The number of aliphatic carboxylic acids is 1. The lowest BCUT2D eigenvalue weighted by Gasteiger charge is -2.06. The Labute approximate surface area is 189 Å². The van der Waals surface area contributed by atoms with Crippen LogP contribution in [-0.4, -0.2) is 11.1 Å². The van der Waals surface area contributed by atoms with Crippen LogP contribution in [0.3, 0.4) is 0 Å². The fraction of sp³-hybridized carbons (Fsp3) is 0.100. The summed E-state index contributed by atoms with van der Waals surface area (Å²) in [6.07, 6.45) is 0.713. The molecule has 0 fully saturated rings. The topological polar surface area (TPSA) is 37.3 Å². The van der Waals surface area contributed by atoms with Gasteiger partial charge in [0, 0.05) is 17.5 Å². The van der Waals surface area contributed by atoms with Gasteiger partial charge in [-0.05, 0) is 65.4 Å². The first-order valence-corrected chi connectivity index (χ1v) is 10.7. The molecule has 2 nitrogen and oxygen atoms in total. The van der Waals surface area contributed by atoms with Gasteiger partial charge in [-0.25, -0.2) is 0 Å². The van der Waals surface area contributed by atoms with Crippen molar-refractivity contribution in [3.05, 3.63) is 119 Å². The molecule has 0 aliphatic carbocycles. The molecule has 4 rings (SSSR count). The van der Waals surface area contributed by atoms with E-state index in [2.05, 4.69) is 79.4 Å². The van der Waals surface area contributed by atoms with Crippen LogP contribution in [-0.2, 0) is 11.2 Å². The van der Waals surface area contributed by atoms with E-state index in [0.29, 0.717) is 6.42 Å². The fourth-order valence-corrected chi connectivity index (χ4v) is 3.50. The third-order valence-corrected chi connectivity index (χ3v) is 5.42. The van der Waals surface area contributed by atoms with E-state index in [1.807, 2.05) is 36.4 Å². The van der Waals surface area contributed by atoms with Gasteiger partial charge in [-0.15, -0.1) is 0 Å². The molecule has 4 aromatic rings. The maximum Gasteiger partial charge on any atom is 0.303 e. The van der Waals surface area contributed by atoms with Crippen molar-refractivity contribution in [3.63, 3.8) is 0 Å². The van der Waals surface area contributed by atoms with Crippen molar-refractivity contribution < 1.29 is 9.90 Å². The molecule has 0 aliphatic rings. The minimum atomic E-state index is -0.768. The Kier molecular flexibility index (Phi) is 6.49. The number of benzene rings is 4. The van der Waals surface area contributed by atoms with Crippen LogP contribution in [0.1, 0.15) is 28.7 Å². The standard InChI is InChI=1S/C30H24O2/c1-22-2-4-23(5-3-22)6-7-24-8-13-26(14-9-24)28-17-19-29(20-18-28)27-15-10-25(11-16-27)12-21-30(31)32/h2-5,8-11,13-20H,12,21H2,1H3,(H,31,32). The van der Waals surface area contributed by atoms with Gasteiger partial charge in [0.1, 0.15) is 0 Å². The van der Waals surface area contributed by atoms with Crippen LogP contribution < -0.4 is 0 Å². The molecular weight excluding hydrogens is 392 g/mol. The summed E-state index contributed by atoms with van der Waals surface area (Å²) in [5.74, 6) is 5.67. The highest BCUT2D eigenvalue weighted by atomic mass is 16.4. The molecule has 0 unspecified atom stereocenters. The third kappa shape index (κ3) is 5.53. The number of hydrogen-bond acceptors (Lipinski definition) is 1. The van der Waals surface area contributed by atoms with Crippen LogP contribution in [0.2, 0.25) is 0 Å². The quantitative estimate of drug-likeness (QED) is 0.366. The molecule has 1 N–H and O–H groups in total. The number of hydrogen-bond donors (Lipinski definition) is 1.